The number of rotatable bonds is 3. The Morgan fingerprint density at radius 1 is 1.58 bits per heavy atom. The van der Waals surface area contributed by atoms with Gasteiger partial charge in [-0.2, -0.15) is 0 Å². The van der Waals surface area contributed by atoms with E-state index in [0.717, 1.165) is 25.5 Å². The second kappa shape index (κ2) is 2.70. The van der Waals surface area contributed by atoms with Gasteiger partial charge in [-0.15, -0.1) is 0 Å². The van der Waals surface area contributed by atoms with Gasteiger partial charge >= 0.3 is 0 Å². The topological polar surface area (TPSA) is 30.0 Å². The highest BCUT2D eigenvalue weighted by Crippen LogP contribution is 2.46. The van der Waals surface area contributed by atoms with Crippen LogP contribution in [-0.4, -0.2) is 11.3 Å². The lowest BCUT2D eigenvalue weighted by Crippen LogP contribution is -2.05. The van der Waals surface area contributed by atoms with Gasteiger partial charge in [-0.3, -0.25) is 4.98 Å². The third kappa shape index (κ3) is 1.37. The minimum Gasteiger partial charge on any atom is -0.303 e. The summed E-state index contributed by atoms with van der Waals surface area (Å²) in [7, 11) is 0. The fourth-order valence-electron chi connectivity index (χ4n) is 1.41. The van der Waals surface area contributed by atoms with Gasteiger partial charge in [0.25, 0.3) is 0 Å². The number of hydrogen-bond acceptors (Lipinski definition) is 2. The highest BCUT2D eigenvalue weighted by Gasteiger charge is 2.42. The zero-order valence-electron chi connectivity index (χ0n) is 6.86. The van der Waals surface area contributed by atoms with Gasteiger partial charge in [0.05, 0.1) is 0 Å². The molecule has 12 heavy (non-hydrogen) atoms. The Kier molecular flexibility index (Phi) is 1.68. The van der Waals surface area contributed by atoms with Crippen molar-refractivity contribution < 1.29 is 4.79 Å². The van der Waals surface area contributed by atoms with E-state index < -0.39 is 0 Å². The zero-order valence-corrected chi connectivity index (χ0v) is 6.86. The molecule has 0 N–H and O–H groups in total. The van der Waals surface area contributed by atoms with Crippen molar-refractivity contribution in [2.24, 2.45) is 5.41 Å². The molecule has 2 nitrogen and oxygen atoms in total. The van der Waals surface area contributed by atoms with Crippen LogP contribution < -0.4 is 0 Å². The van der Waals surface area contributed by atoms with E-state index in [2.05, 4.69) is 4.98 Å². The summed E-state index contributed by atoms with van der Waals surface area (Å²) in [4.78, 5) is 14.7. The van der Waals surface area contributed by atoms with Crippen molar-refractivity contribution in [1.82, 2.24) is 4.98 Å². The molecule has 1 heterocycles. The van der Waals surface area contributed by atoms with Gasteiger partial charge < -0.3 is 4.79 Å². The van der Waals surface area contributed by atoms with Crippen LogP contribution in [0.15, 0.2) is 24.5 Å². The monoisotopic (exact) mass is 161 g/mol. The molecule has 0 unspecified atom stereocenters. The Labute approximate surface area is 71.6 Å². The lowest BCUT2D eigenvalue weighted by atomic mass is 10.00. The number of aldehydes is 1. The third-order valence-corrected chi connectivity index (χ3v) is 2.42. The first-order valence-corrected chi connectivity index (χ1v) is 4.20. The number of pyridine rings is 1. The van der Waals surface area contributed by atoms with Crippen LogP contribution in [-0.2, 0) is 11.2 Å². The number of carbonyl (C=O) groups excluding carboxylic acids is 1. The molecule has 0 spiro atoms. The van der Waals surface area contributed by atoms with Crippen molar-refractivity contribution >= 4 is 6.29 Å². The quantitative estimate of drug-likeness (QED) is 0.630. The van der Waals surface area contributed by atoms with Crippen LogP contribution in [0.3, 0.4) is 0 Å². The first-order chi connectivity index (χ1) is 5.85. The van der Waals surface area contributed by atoms with Crippen molar-refractivity contribution in [2.75, 3.05) is 0 Å². The molecule has 1 aliphatic carbocycles. The van der Waals surface area contributed by atoms with E-state index in [0.29, 0.717) is 0 Å². The van der Waals surface area contributed by atoms with Crippen LogP contribution in [0, 0.1) is 5.41 Å². The van der Waals surface area contributed by atoms with Crippen LogP contribution in [0.4, 0.5) is 0 Å². The lowest BCUT2D eigenvalue weighted by molar-refractivity contribution is -0.112. The minimum absolute atomic E-state index is 0.0248. The van der Waals surface area contributed by atoms with Gasteiger partial charge in [-0.05, 0) is 30.9 Å². The Morgan fingerprint density at radius 2 is 2.42 bits per heavy atom. The Bertz CT molecular complexity index is 277. The largest absolute Gasteiger partial charge is 0.303 e. The standard InChI is InChI=1S/C10H11NO/c12-8-10(3-4-10)6-9-2-1-5-11-7-9/h1-2,5,7-8H,3-4,6H2. The molecular formula is C10H11NO. The van der Waals surface area contributed by atoms with Crippen molar-refractivity contribution in [3.8, 4) is 0 Å². The number of aromatic nitrogens is 1. The zero-order chi connectivity index (χ0) is 8.44. The lowest BCUT2D eigenvalue weighted by Gasteiger charge is -2.04. The van der Waals surface area contributed by atoms with Crippen molar-refractivity contribution in [2.45, 2.75) is 19.3 Å². The fourth-order valence-corrected chi connectivity index (χ4v) is 1.41. The van der Waals surface area contributed by atoms with Gasteiger partial charge in [-0.1, -0.05) is 6.07 Å². The first kappa shape index (κ1) is 7.47. The third-order valence-electron chi connectivity index (χ3n) is 2.42. The van der Waals surface area contributed by atoms with E-state index in [9.17, 15) is 4.79 Å². The maximum atomic E-state index is 10.7. The van der Waals surface area contributed by atoms with E-state index in [4.69, 9.17) is 0 Å². The molecule has 2 rings (SSSR count). The Balaban J connectivity index is 2.09. The molecular weight excluding hydrogens is 150 g/mol. The molecule has 1 aromatic heterocycles. The molecule has 1 saturated carbocycles. The molecule has 0 atom stereocenters. The molecule has 0 aromatic carbocycles. The van der Waals surface area contributed by atoms with Gasteiger partial charge in [0.2, 0.25) is 0 Å². The average Bonchev–Trinajstić information content (AvgIpc) is 2.88. The van der Waals surface area contributed by atoms with Crippen molar-refractivity contribution in [3.63, 3.8) is 0 Å². The van der Waals surface area contributed by atoms with Crippen LogP contribution in [0.1, 0.15) is 18.4 Å². The van der Waals surface area contributed by atoms with Crippen molar-refractivity contribution in [3.05, 3.63) is 30.1 Å². The summed E-state index contributed by atoms with van der Waals surface area (Å²) < 4.78 is 0. The van der Waals surface area contributed by atoms with Crippen LogP contribution in [0.25, 0.3) is 0 Å². The van der Waals surface area contributed by atoms with E-state index in [1.54, 1.807) is 6.20 Å². The maximum Gasteiger partial charge on any atom is 0.126 e. The molecule has 1 aliphatic rings. The Morgan fingerprint density at radius 3 is 2.92 bits per heavy atom. The summed E-state index contributed by atoms with van der Waals surface area (Å²) in [5.41, 5.74) is 1.14. The number of carbonyl (C=O) groups is 1. The number of hydrogen-bond donors (Lipinski definition) is 0. The molecule has 0 amide bonds. The highest BCUT2D eigenvalue weighted by molar-refractivity contribution is 5.64. The average molecular weight is 161 g/mol. The van der Waals surface area contributed by atoms with E-state index in [-0.39, 0.29) is 5.41 Å². The summed E-state index contributed by atoms with van der Waals surface area (Å²) in [6.45, 7) is 0. The van der Waals surface area contributed by atoms with E-state index >= 15 is 0 Å². The van der Waals surface area contributed by atoms with Gasteiger partial charge in [0, 0.05) is 17.8 Å². The molecule has 1 fully saturated rings. The van der Waals surface area contributed by atoms with Crippen LogP contribution in [0.5, 0.6) is 0 Å². The van der Waals surface area contributed by atoms with Gasteiger partial charge in [0.15, 0.2) is 0 Å². The van der Waals surface area contributed by atoms with Gasteiger partial charge in [0.1, 0.15) is 6.29 Å². The molecule has 0 bridgehead atoms. The molecule has 1 aromatic rings. The van der Waals surface area contributed by atoms with Crippen molar-refractivity contribution in [1.29, 1.82) is 0 Å². The summed E-state index contributed by atoms with van der Waals surface area (Å²) in [6.07, 6.45) is 7.65. The van der Waals surface area contributed by atoms with Crippen LogP contribution in [0.2, 0.25) is 0 Å². The van der Waals surface area contributed by atoms with E-state index in [1.165, 1.54) is 5.56 Å². The normalized spacial score (nSPS) is 18.7. The molecule has 62 valence electrons. The fraction of sp³-hybridized carbons (Fsp3) is 0.400. The summed E-state index contributed by atoms with van der Waals surface area (Å²) >= 11 is 0. The predicted molar refractivity (Wildman–Crippen MR) is 45.7 cm³/mol. The smallest absolute Gasteiger partial charge is 0.126 e. The second-order valence-corrected chi connectivity index (χ2v) is 3.52. The predicted octanol–water partition coefficient (Wildman–Crippen LogP) is 1.60. The number of nitrogens with zero attached hydrogens (tertiary/aromatic N) is 1. The first-order valence-electron chi connectivity index (χ1n) is 4.20. The highest BCUT2D eigenvalue weighted by atomic mass is 16.1. The minimum atomic E-state index is -0.0248. The SMILES string of the molecule is O=CC1(Cc2cccnc2)CC1. The molecule has 2 heteroatoms. The molecule has 0 aliphatic heterocycles. The second-order valence-electron chi connectivity index (χ2n) is 3.52. The molecule has 0 saturated heterocycles. The molecule has 0 radical (unpaired) electrons. The van der Waals surface area contributed by atoms with Crippen LogP contribution >= 0.6 is 0 Å². The van der Waals surface area contributed by atoms with Gasteiger partial charge in [-0.25, -0.2) is 0 Å². The summed E-state index contributed by atoms with van der Waals surface area (Å²) in [5, 5.41) is 0. The summed E-state index contributed by atoms with van der Waals surface area (Å²) in [5.74, 6) is 0. The maximum absolute atomic E-state index is 10.7. The Hall–Kier alpha value is -1.18. The summed E-state index contributed by atoms with van der Waals surface area (Å²) in [6, 6.07) is 3.94. The van der Waals surface area contributed by atoms with E-state index in [1.807, 2.05) is 18.3 Å².